The van der Waals surface area contributed by atoms with Crippen LogP contribution in [0.1, 0.15) is 140 Å². The van der Waals surface area contributed by atoms with Gasteiger partial charge in [0.2, 0.25) is 0 Å². The number of imidazole rings is 2. The van der Waals surface area contributed by atoms with Crippen LogP contribution in [0.4, 0.5) is 21.2 Å². The minimum Gasteiger partial charge on any atom is -0.870 e. The van der Waals surface area contributed by atoms with Crippen molar-refractivity contribution in [2.75, 3.05) is 49.6 Å². The van der Waals surface area contributed by atoms with E-state index in [0.29, 0.717) is 89.3 Å². The molecule has 8 rings (SSSR count). The summed E-state index contributed by atoms with van der Waals surface area (Å²) >= 11 is 0. The Hall–Kier alpha value is -8.46. The standard InChI is InChI=1S/C27H32N6O5.C26H30N6O6.Li.H2O/c1-16(34)23-22(31-24(33(23)28)20-7-6-14-32(20)26(36)38-27(2,3)4)17-8-10-18(11-9-17)25(35)30-21-15-19(37-5)12-13-29-21;1-26(2,3)38-25(36)31-13-5-6-18(31)22-30-20(21(24(34)35)32(22)27)15-7-9-16(10-8-15)23(33)29-19-14-17(37-4)11-12-28-19;;/h8-13,15,20H,6-7,14,28H2,1-5H3,(H,29,30,35);7-12,14,18H,5-6,13,27H2,1-4H3,(H,34,35)(H,28,29,33);;1H2/q;;+1;/p-1/t20-;18-;;/m00../s1. The van der Waals surface area contributed by atoms with E-state index < -0.39 is 47.3 Å². The van der Waals surface area contributed by atoms with Gasteiger partial charge in [0.15, 0.2) is 23.1 Å². The van der Waals surface area contributed by atoms with E-state index in [1.54, 1.807) is 98.5 Å². The Balaban J connectivity index is 0.000000280. The molecule has 4 aromatic heterocycles. The molecule has 2 aliphatic heterocycles. The van der Waals surface area contributed by atoms with Crippen molar-refractivity contribution >= 4 is 47.4 Å². The third-order valence-corrected chi connectivity index (χ3v) is 12.0. The van der Waals surface area contributed by atoms with E-state index in [0.717, 1.165) is 11.1 Å². The van der Waals surface area contributed by atoms with Crippen molar-refractivity contribution in [3.63, 3.8) is 0 Å². The van der Waals surface area contributed by atoms with Crippen LogP contribution in [0.3, 0.4) is 0 Å². The van der Waals surface area contributed by atoms with Crippen molar-refractivity contribution in [1.82, 2.24) is 39.1 Å². The summed E-state index contributed by atoms with van der Waals surface area (Å²) in [4.78, 5) is 96.4. The number of anilines is 2. The van der Waals surface area contributed by atoms with Crippen LogP contribution in [-0.4, -0.2) is 124 Å². The number of ether oxygens (including phenoxy) is 4. The second kappa shape index (κ2) is 25.1. The smallest absolute Gasteiger partial charge is 0.870 e. The summed E-state index contributed by atoms with van der Waals surface area (Å²) in [6.07, 6.45) is 4.74. The Morgan fingerprint density at radius 1 is 0.615 bits per heavy atom. The second-order valence-electron chi connectivity index (χ2n) is 19.8. The molecule has 0 unspecified atom stereocenters. The maximum Gasteiger partial charge on any atom is 1.00 e. The van der Waals surface area contributed by atoms with Gasteiger partial charge in [0.05, 0.1) is 26.3 Å². The predicted molar refractivity (Wildman–Crippen MR) is 282 cm³/mol. The molecule has 0 radical (unpaired) electrons. The maximum atomic E-state index is 12.8. The van der Waals surface area contributed by atoms with Gasteiger partial charge in [0.25, 0.3) is 11.8 Å². The van der Waals surface area contributed by atoms with Crippen molar-refractivity contribution in [1.29, 1.82) is 0 Å². The van der Waals surface area contributed by atoms with Crippen molar-refractivity contribution in [3.8, 4) is 34.0 Å². The molecule has 25 heteroatoms. The number of aromatic carboxylic acids is 1. The molecular weight excluding hydrogens is 1000 g/mol. The molecule has 2 aromatic carbocycles. The molecule has 6 aromatic rings. The molecule has 6 heterocycles. The molecule has 408 valence electrons. The van der Waals surface area contributed by atoms with Crippen LogP contribution >= 0.6 is 0 Å². The van der Waals surface area contributed by atoms with Crippen LogP contribution in [0.2, 0.25) is 0 Å². The number of pyridine rings is 2. The molecule has 0 aliphatic carbocycles. The fraction of sp³-hybridized carbons (Fsp3) is 0.358. The number of ketones is 1. The molecular formula is C53H63LiN12O12. The number of nitrogen functional groups attached to an aromatic ring is 2. The molecule has 2 aliphatic rings. The largest absolute Gasteiger partial charge is 1.00 e. The number of rotatable bonds is 12. The van der Waals surface area contributed by atoms with Crippen LogP contribution in [0.15, 0.2) is 85.2 Å². The number of carboxylic acid groups (broad SMARTS) is 1. The first kappa shape index (κ1) is 60.4. The fourth-order valence-electron chi connectivity index (χ4n) is 8.61. The summed E-state index contributed by atoms with van der Waals surface area (Å²) in [5.74, 6) is 12.7. The number of hydrogen-bond acceptors (Lipinski definition) is 17. The summed E-state index contributed by atoms with van der Waals surface area (Å²) in [5.41, 5.74) is 0.953. The van der Waals surface area contributed by atoms with Gasteiger partial charge >= 0.3 is 37.0 Å². The number of benzene rings is 2. The van der Waals surface area contributed by atoms with Crippen molar-refractivity contribution in [2.24, 2.45) is 0 Å². The number of nitrogens with one attached hydrogen (secondary N) is 2. The van der Waals surface area contributed by atoms with Crippen LogP contribution in [0.25, 0.3) is 22.5 Å². The first-order chi connectivity index (χ1) is 36.0. The van der Waals surface area contributed by atoms with Crippen molar-refractivity contribution in [3.05, 3.63) is 119 Å². The van der Waals surface area contributed by atoms with E-state index >= 15 is 0 Å². The molecule has 2 fully saturated rings. The van der Waals surface area contributed by atoms with Gasteiger partial charge in [-0.2, -0.15) is 0 Å². The van der Waals surface area contributed by atoms with Gasteiger partial charge in [0, 0.05) is 66.8 Å². The van der Waals surface area contributed by atoms with Crippen LogP contribution in [0, 0.1) is 0 Å². The zero-order valence-corrected chi connectivity index (χ0v) is 45.2. The van der Waals surface area contributed by atoms with Gasteiger partial charge in [-0.25, -0.2) is 43.7 Å². The molecule has 0 bridgehead atoms. The van der Waals surface area contributed by atoms with Crippen LogP contribution in [0.5, 0.6) is 11.5 Å². The number of methoxy groups -OCH3 is 2. The number of nitrogens with two attached hydrogens (primary N) is 2. The Morgan fingerprint density at radius 2 is 0.987 bits per heavy atom. The SMILES string of the molecule is COc1ccnc(NC(=O)c2ccc(-c3nc([C@@H]4CCCN4C(=O)OC(C)(C)C)n(N)c3C(=O)O)cc2)c1.COc1ccnc(NC(=O)c2ccc(-c3nc([C@@H]4CCCN4C(=O)OC(C)(C)C)n(N)c3C(C)=O)cc2)c1.[Li+].[OH-]. The number of carbonyl (C=O) groups excluding carboxylic acids is 5. The van der Waals surface area contributed by atoms with Crippen LogP contribution < -0.4 is 50.7 Å². The molecule has 0 spiro atoms. The maximum absolute atomic E-state index is 12.8. The molecule has 4 amide bonds. The Labute approximate surface area is 462 Å². The number of aromatic nitrogens is 6. The summed E-state index contributed by atoms with van der Waals surface area (Å²) in [6, 6.07) is 18.5. The van der Waals surface area contributed by atoms with E-state index in [1.807, 2.05) is 20.8 Å². The monoisotopic (exact) mass is 1070 g/mol. The molecule has 2 atom stereocenters. The molecule has 0 saturated carbocycles. The Morgan fingerprint density at radius 3 is 1.33 bits per heavy atom. The average molecular weight is 1070 g/mol. The number of nitrogens with zero attached hydrogens (tertiary/aromatic N) is 8. The topological polar surface area (TPSA) is 334 Å². The van der Waals surface area contributed by atoms with E-state index in [9.17, 15) is 33.9 Å². The predicted octanol–water partition coefficient (Wildman–Crippen LogP) is 4.71. The molecule has 2 saturated heterocycles. The number of hydrogen-bond donors (Lipinski definition) is 5. The van der Waals surface area contributed by atoms with Gasteiger partial charge < -0.3 is 51.8 Å². The summed E-state index contributed by atoms with van der Waals surface area (Å²) in [7, 11) is 3.05. The van der Waals surface area contributed by atoms with Gasteiger partial charge in [-0.05, 0) is 104 Å². The number of carbonyl (C=O) groups is 6. The number of amides is 4. The zero-order valence-electron chi connectivity index (χ0n) is 45.2. The second-order valence-corrected chi connectivity index (χ2v) is 19.8. The van der Waals surface area contributed by atoms with Gasteiger partial charge in [-0.15, -0.1) is 0 Å². The summed E-state index contributed by atoms with van der Waals surface area (Å²) in [6.45, 7) is 13.1. The third-order valence-electron chi connectivity index (χ3n) is 12.0. The zero-order chi connectivity index (χ0) is 55.2. The van der Waals surface area contributed by atoms with Crippen LogP contribution in [-0.2, 0) is 9.47 Å². The number of likely N-dealkylation sites (tertiary alicyclic amines) is 2. The average Bonchev–Trinajstić information content (AvgIpc) is 4.27. The molecule has 78 heavy (non-hydrogen) atoms. The van der Waals surface area contributed by atoms with Gasteiger partial charge in [0.1, 0.15) is 51.4 Å². The minimum atomic E-state index is -1.27. The molecule has 8 N–H and O–H groups in total. The summed E-state index contributed by atoms with van der Waals surface area (Å²) < 4.78 is 23.7. The van der Waals surface area contributed by atoms with Crippen molar-refractivity contribution in [2.45, 2.75) is 97.4 Å². The van der Waals surface area contributed by atoms with Crippen molar-refractivity contribution < 1.29 is 77.2 Å². The fourth-order valence-corrected chi connectivity index (χ4v) is 8.61. The Bertz CT molecular complexity index is 2940. The third kappa shape index (κ3) is 14.1. The van der Waals surface area contributed by atoms with E-state index in [2.05, 4.69) is 25.6 Å². The quantitative estimate of drug-likeness (QED) is 0.0629. The number of Topliss-reactive ketones (excluding diaryl/α,β-unsaturated/α-hetero) is 1. The normalized spacial score (nSPS) is 14.9. The minimum absolute atomic E-state index is 0. The van der Waals surface area contributed by atoms with Gasteiger partial charge in [-0.3, -0.25) is 24.2 Å². The first-order valence-electron chi connectivity index (χ1n) is 24.3. The van der Waals surface area contributed by atoms with E-state index in [4.69, 9.17) is 35.6 Å². The Kier molecular flexibility index (Phi) is 19.5. The van der Waals surface area contributed by atoms with E-state index in [1.165, 1.54) is 43.1 Å². The summed E-state index contributed by atoms with van der Waals surface area (Å²) in [5, 5.41) is 15.3. The molecule has 24 nitrogen and oxygen atoms in total. The van der Waals surface area contributed by atoms with Gasteiger partial charge in [-0.1, -0.05) is 24.3 Å². The first-order valence-corrected chi connectivity index (χ1v) is 24.3. The van der Waals surface area contributed by atoms with E-state index in [-0.39, 0.29) is 58.9 Å². The number of carboxylic acids is 1.